The number of fused-ring (bicyclic) bond motifs is 1. The molecule has 0 unspecified atom stereocenters. The first-order valence-electron chi connectivity index (χ1n) is 6.68. The van der Waals surface area contributed by atoms with Crippen LogP contribution in [0.5, 0.6) is 0 Å². The molecule has 2 rings (SSSR count). The van der Waals surface area contributed by atoms with Gasteiger partial charge < -0.3 is 0 Å². The van der Waals surface area contributed by atoms with Crippen LogP contribution in [0.15, 0.2) is 15.3 Å². The lowest BCUT2D eigenvalue weighted by Gasteiger charge is -1.97. The topological polar surface area (TPSA) is 71.1 Å². The van der Waals surface area contributed by atoms with Gasteiger partial charge in [-0.3, -0.25) is 4.79 Å². The van der Waals surface area contributed by atoms with Gasteiger partial charge in [0.05, 0.1) is 6.20 Å². The van der Waals surface area contributed by atoms with E-state index in [9.17, 15) is 4.79 Å². The second-order valence-electron chi connectivity index (χ2n) is 4.43. The van der Waals surface area contributed by atoms with E-state index in [1.165, 1.54) is 54.2 Å². The normalized spacial score (nSPS) is 10.8. The molecule has 20 heavy (non-hydrogen) atoms. The van der Waals surface area contributed by atoms with Crippen molar-refractivity contribution in [3.05, 3.63) is 22.1 Å². The van der Waals surface area contributed by atoms with Crippen LogP contribution >= 0.6 is 23.1 Å². The summed E-state index contributed by atoms with van der Waals surface area (Å²) in [5, 5.41) is 13.1. The monoisotopic (exact) mass is 308 g/mol. The Hall–Kier alpha value is -1.39. The summed E-state index contributed by atoms with van der Waals surface area (Å²) in [5.41, 5.74) is -0.448. The molecular formula is C13H16N4OS2. The predicted octanol–water partition coefficient (Wildman–Crippen LogP) is 3.09. The van der Waals surface area contributed by atoms with Gasteiger partial charge in [0.25, 0.3) is 5.56 Å². The standard InChI is InChI=1S/C13H16N4OS2/c1-2-3-4-5-6-7-19-13-16-17-9-10(8-14)11(18)15-12(17)20-13/h9H,2-7H2,1H3. The molecule has 0 saturated heterocycles. The molecule has 2 aromatic rings. The SMILES string of the molecule is CCCCCCCSc1nn2cc(C#N)c(=O)nc2s1. The average molecular weight is 308 g/mol. The average Bonchev–Trinajstić information content (AvgIpc) is 2.83. The van der Waals surface area contributed by atoms with Crippen molar-refractivity contribution in [3.8, 4) is 6.07 Å². The third kappa shape index (κ3) is 3.81. The number of hydrogen-bond donors (Lipinski definition) is 0. The van der Waals surface area contributed by atoms with Crippen LogP contribution in [0.3, 0.4) is 0 Å². The minimum Gasteiger partial charge on any atom is -0.266 e. The Morgan fingerprint density at radius 1 is 1.40 bits per heavy atom. The van der Waals surface area contributed by atoms with Crippen molar-refractivity contribution in [2.75, 3.05) is 5.75 Å². The first-order valence-corrected chi connectivity index (χ1v) is 8.48. The molecule has 0 aromatic carbocycles. The molecule has 2 aromatic heterocycles. The second-order valence-corrected chi connectivity index (χ2v) is 6.73. The third-order valence-corrected chi connectivity index (χ3v) is 4.98. The molecule has 5 nitrogen and oxygen atoms in total. The largest absolute Gasteiger partial charge is 0.291 e. The number of unbranched alkanes of at least 4 members (excludes halogenated alkanes) is 4. The Bertz CT molecular complexity index is 671. The van der Waals surface area contributed by atoms with Gasteiger partial charge in [-0.25, -0.2) is 4.52 Å². The zero-order valence-electron chi connectivity index (χ0n) is 11.3. The van der Waals surface area contributed by atoms with E-state index in [1.54, 1.807) is 11.8 Å². The first kappa shape index (κ1) is 15.0. The summed E-state index contributed by atoms with van der Waals surface area (Å²) in [6.45, 7) is 2.21. The van der Waals surface area contributed by atoms with E-state index in [0.29, 0.717) is 4.96 Å². The molecule has 0 saturated carbocycles. The number of hydrogen-bond acceptors (Lipinski definition) is 6. The number of thioether (sulfide) groups is 1. The number of aromatic nitrogens is 3. The van der Waals surface area contributed by atoms with Gasteiger partial charge in [0.15, 0.2) is 4.34 Å². The Morgan fingerprint density at radius 2 is 2.20 bits per heavy atom. The summed E-state index contributed by atoms with van der Waals surface area (Å²) in [7, 11) is 0. The maximum atomic E-state index is 11.5. The fourth-order valence-electron chi connectivity index (χ4n) is 1.76. The third-order valence-electron chi connectivity index (χ3n) is 2.84. The highest BCUT2D eigenvalue weighted by molar-refractivity contribution is 8.01. The van der Waals surface area contributed by atoms with E-state index >= 15 is 0 Å². The van der Waals surface area contributed by atoms with E-state index in [0.717, 1.165) is 10.1 Å². The summed E-state index contributed by atoms with van der Waals surface area (Å²) in [5.74, 6) is 1.03. The van der Waals surface area contributed by atoms with Crippen molar-refractivity contribution >= 4 is 28.1 Å². The van der Waals surface area contributed by atoms with E-state index in [4.69, 9.17) is 5.26 Å². The Balaban J connectivity index is 1.95. The number of nitrogens with zero attached hydrogens (tertiary/aromatic N) is 4. The van der Waals surface area contributed by atoms with Crippen LogP contribution in [0, 0.1) is 11.3 Å². The number of nitriles is 1. The molecule has 0 aliphatic carbocycles. The molecular weight excluding hydrogens is 292 g/mol. The van der Waals surface area contributed by atoms with Crippen molar-refractivity contribution < 1.29 is 0 Å². The van der Waals surface area contributed by atoms with E-state index in [-0.39, 0.29) is 5.56 Å². The van der Waals surface area contributed by atoms with E-state index in [2.05, 4.69) is 17.0 Å². The van der Waals surface area contributed by atoms with Crippen LogP contribution in [0.2, 0.25) is 0 Å². The quantitative estimate of drug-likeness (QED) is 0.580. The molecule has 0 atom stereocenters. The summed E-state index contributed by atoms with van der Waals surface area (Å²) >= 11 is 3.08. The van der Waals surface area contributed by atoms with Gasteiger partial charge >= 0.3 is 0 Å². The maximum absolute atomic E-state index is 11.5. The molecule has 0 spiro atoms. The van der Waals surface area contributed by atoms with Crippen molar-refractivity contribution in [3.63, 3.8) is 0 Å². The lowest BCUT2D eigenvalue weighted by molar-refractivity contribution is 0.659. The summed E-state index contributed by atoms with van der Waals surface area (Å²) in [6, 6.07) is 1.83. The fraction of sp³-hybridized carbons (Fsp3) is 0.538. The van der Waals surface area contributed by atoms with E-state index in [1.807, 2.05) is 6.07 Å². The molecule has 0 N–H and O–H groups in total. The first-order chi connectivity index (χ1) is 9.74. The van der Waals surface area contributed by atoms with E-state index < -0.39 is 5.56 Å². The predicted molar refractivity (Wildman–Crippen MR) is 81.3 cm³/mol. The van der Waals surface area contributed by atoms with Crippen molar-refractivity contribution in [1.82, 2.24) is 14.6 Å². The molecule has 0 bridgehead atoms. The van der Waals surface area contributed by atoms with Gasteiger partial charge in [-0.05, 0) is 6.42 Å². The molecule has 0 amide bonds. The zero-order chi connectivity index (χ0) is 14.4. The van der Waals surface area contributed by atoms with Gasteiger partial charge in [0.1, 0.15) is 11.6 Å². The lowest BCUT2D eigenvalue weighted by Crippen LogP contribution is -2.11. The van der Waals surface area contributed by atoms with Gasteiger partial charge in [-0.2, -0.15) is 10.2 Å². The second kappa shape index (κ2) is 7.41. The van der Waals surface area contributed by atoms with Crippen molar-refractivity contribution in [1.29, 1.82) is 5.26 Å². The van der Waals surface area contributed by atoms with Crippen LogP contribution in [-0.2, 0) is 0 Å². The Morgan fingerprint density at radius 3 is 2.95 bits per heavy atom. The highest BCUT2D eigenvalue weighted by Gasteiger charge is 2.08. The molecule has 0 aliphatic rings. The van der Waals surface area contributed by atoms with Crippen LogP contribution < -0.4 is 5.56 Å². The van der Waals surface area contributed by atoms with Gasteiger partial charge in [-0.1, -0.05) is 55.7 Å². The number of rotatable bonds is 7. The smallest absolute Gasteiger partial charge is 0.266 e. The minimum atomic E-state index is -0.479. The molecule has 0 aliphatic heterocycles. The molecule has 0 radical (unpaired) electrons. The van der Waals surface area contributed by atoms with Gasteiger partial charge in [-0.15, -0.1) is 5.10 Å². The molecule has 106 valence electrons. The van der Waals surface area contributed by atoms with Crippen molar-refractivity contribution in [2.45, 2.75) is 43.4 Å². The summed E-state index contributed by atoms with van der Waals surface area (Å²) in [6.07, 6.45) is 7.72. The van der Waals surface area contributed by atoms with Gasteiger partial charge in [0.2, 0.25) is 4.96 Å². The highest BCUT2D eigenvalue weighted by atomic mass is 32.2. The van der Waals surface area contributed by atoms with Crippen molar-refractivity contribution in [2.24, 2.45) is 0 Å². The lowest BCUT2D eigenvalue weighted by atomic mass is 10.2. The van der Waals surface area contributed by atoms with Crippen LogP contribution in [0.4, 0.5) is 0 Å². The fourth-order valence-corrected chi connectivity index (χ4v) is 3.74. The minimum absolute atomic E-state index is 0.0314. The van der Waals surface area contributed by atoms with Crippen LogP contribution in [0.25, 0.3) is 4.96 Å². The Kier molecular flexibility index (Phi) is 5.56. The maximum Gasteiger partial charge on any atom is 0.291 e. The van der Waals surface area contributed by atoms with Crippen LogP contribution in [-0.4, -0.2) is 20.4 Å². The Labute approximate surface area is 125 Å². The summed E-state index contributed by atoms with van der Waals surface area (Å²) < 4.78 is 2.41. The molecule has 0 fully saturated rings. The summed E-state index contributed by atoms with van der Waals surface area (Å²) in [4.78, 5) is 15.9. The van der Waals surface area contributed by atoms with Crippen LogP contribution in [0.1, 0.15) is 44.6 Å². The zero-order valence-corrected chi connectivity index (χ0v) is 13.0. The van der Waals surface area contributed by atoms with Gasteiger partial charge in [0, 0.05) is 5.75 Å². The molecule has 2 heterocycles. The highest BCUT2D eigenvalue weighted by Crippen LogP contribution is 2.24. The molecule has 7 heteroatoms.